The highest BCUT2D eigenvalue weighted by Gasteiger charge is 2.32. The molecular weight excluding hydrogens is 303 g/mol. The van der Waals surface area contributed by atoms with E-state index in [9.17, 15) is 23.4 Å². The van der Waals surface area contributed by atoms with Crippen molar-refractivity contribution in [2.24, 2.45) is 5.73 Å². The maximum absolute atomic E-state index is 12.5. The SMILES string of the molecule is NCC(O)C(O)c1cc(C(F)(F)F)ccc1Br. The topological polar surface area (TPSA) is 66.5 Å². The van der Waals surface area contributed by atoms with Crippen molar-refractivity contribution in [2.45, 2.75) is 18.4 Å². The maximum Gasteiger partial charge on any atom is 0.416 e. The van der Waals surface area contributed by atoms with Crippen LogP contribution in [0.15, 0.2) is 22.7 Å². The van der Waals surface area contributed by atoms with Gasteiger partial charge in [0.05, 0.1) is 11.7 Å². The van der Waals surface area contributed by atoms with E-state index in [0.717, 1.165) is 12.1 Å². The number of benzene rings is 1. The van der Waals surface area contributed by atoms with Crippen molar-refractivity contribution in [1.82, 2.24) is 0 Å². The van der Waals surface area contributed by atoms with Crippen molar-refractivity contribution >= 4 is 15.9 Å². The Balaban J connectivity index is 3.15. The highest BCUT2D eigenvalue weighted by atomic mass is 79.9. The Morgan fingerprint density at radius 3 is 2.35 bits per heavy atom. The summed E-state index contributed by atoms with van der Waals surface area (Å²) in [6.45, 7) is -0.246. The van der Waals surface area contributed by atoms with Crippen molar-refractivity contribution in [1.29, 1.82) is 0 Å². The van der Waals surface area contributed by atoms with Crippen molar-refractivity contribution in [3.05, 3.63) is 33.8 Å². The Morgan fingerprint density at radius 2 is 1.88 bits per heavy atom. The molecule has 2 atom stereocenters. The zero-order chi connectivity index (χ0) is 13.2. The third-order valence-corrected chi connectivity index (χ3v) is 2.97. The minimum Gasteiger partial charge on any atom is -0.389 e. The number of hydrogen-bond acceptors (Lipinski definition) is 3. The van der Waals surface area contributed by atoms with E-state index in [1.807, 2.05) is 0 Å². The lowest BCUT2D eigenvalue weighted by molar-refractivity contribution is -0.137. The highest BCUT2D eigenvalue weighted by Crippen LogP contribution is 2.34. The Morgan fingerprint density at radius 1 is 1.29 bits per heavy atom. The fraction of sp³-hybridized carbons (Fsp3) is 0.400. The third kappa shape index (κ3) is 3.41. The average Bonchev–Trinajstić information content (AvgIpc) is 2.26. The molecule has 0 saturated carbocycles. The first-order valence-electron chi connectivity index (χ1n) is 4.70. The van der Waals surface area contributed by atoms with Crippen LogP contribution < -0.4 is 5.73 Å². The van der Waals surface area contributed by atoms with Crippen LogP contribution in [0.5, 0.6) is 0 Å². The average molecular weight is 314 g/mol. The van der Waals surface area contributed by atoms with Crippen LogP contribution in [-0.2, 0) is 6.18 Å². The van der Waals surface area contributed by atoms with Crippen LogP contribution in [0.4, 0.5) is 13.2 Å². The monoisotopic (exact) mass is 313 g/mol. The van der Waals surface area contributed by atoms with E-state index >= 15 is 0 Å². The molecule has 0 spiro atoms. The molecule has 17 heavy (non-hydrogen) atoms. The smallest absolute Gasteiger partial charge is 0.389 e. The van der Waals surface area contributed by atoms with Gasteiger partial charge in [-0.2, -0.15) is 13.2 Å². The summed E-state index contributed by atoms with van der Waals surface area (Å²) in [6.07, 6.45) is -7.27. The van der Waals surface area contributed by atoms with E-state index in [1.54, 1.807) is 0 Å². The Bertz CT molecular complexity index is 398. The molecule has 0 aliphatic heterocycles. The fourth-order valence-corrected chi connectivity index (χ4v) is 1.76. The summed E-state index contributed by atoms with van der Waals surface area (Å²) in [6, 6.07) is 2.84. The second-order valence-electron chi connectivity index (χ2n) is 3.48. The van der Waals surface area contributed by atoms with Crippen LogP contribution in [0.1, 0.15) is 17.2 Å². The van der Waals surface area contributed by atoms with Gasteiger partial charge in [-0.3, -0.25) is 0 Å². The molecule has 1 aromatic carbocycles. The van der Waals surface area contributed by atoms with Gasteiger partial charge in [0.2, 0.25) is 0 Å². The Kier molecular flexibility index (Phi) is 4.54. The standard InChI is InChI=1S/C10H11BrF3NO2/c11-7-2-1-5(10(12,13)14)3-6(7)9(17)8(16)4-15/h1-3,8-9,16-17H,4,15H2. The lowest BCUT2D eigenvalue weighted by Crippen LogP contribution is -2.27. The molecule has 1 rings (SSSR count). The van der Waals surface area contributed by atoms with Gasteiger partial charge in [0.1, 0.15) is 6.10 Å². The van der Waals surface area contributed by atoms with Gasteiger partial charge < -0.3 is 15.9 Å². The molecule has 0 radical (unpaired) electrons. The minimum absolute atomic E-state index is 0.0437. The molecule has 96 valence electrons. The molecule has 0 fully saturated rings. The Hall–Kier alpha value is -0.630. The molecule has 0 aromatic heterocycles. The van der Waals surface area contributed by atoms with Crippen molar-refractivity contribution < 1.29 is 23.4 Å². The molecule has 0 aliphatic carbocycles. The van der Waals surface area contributed by atoms with Gasteiger partial charge in [-0.1, -0.05) is 15.9 Å². The molecule has 0 heterocycles. The molecule has 0 amide bonds. The summed E-state index contributed by atoms with van der Waals surface area (Å²) in [7, 11) is 0. The van der Waals surface area contributed by atoms with Gasteiger partial charge in [0, 0.05) is 11.0 Å². The number of alkyl halides is 3. The van der Waals surface area contributed by atoms with Gasteiger partial charge in [-0.05, 0) is 23.8 Å². The van der Waals surface area contributed by atoms with E-state index in [1.165, 1.54) is 6.07 Å². The highest BCUT2D eigenvalue weighted by molar-refractivity contribution is 9.10. The molecule has 0 saturated heterocycles. The molecule has 7 heteroatoms. The zero-order valence-corrected chi connectivity index (χ0v) is 10.2. The lowest BCUT2D eigenvalue weighted by Gasteiger charge is -2.19. The van der Waals surface area contributed by atoms with Gasteiger partial charge in [0.25, 0.3) is 0 Å². The van der Waals surface area contributed by atoms with Crippen LogP contribution in [0.3, 0.4) is 0 Å². The molecule has 2 unspecified atom stereocenters. The van der Waals surface area contributed by atoms with Gasteiger partial charge in [-0.15, -0.1) is 0 Å². The van der Waals surface area contributed by atoms with Crippen LogP contribution in [0, 0.1) is 0 Å². The van der Waals surface area contributed by atoms with Crippen LogP contribution in [-0.4, -0.2) is 22.9 Å². The summed E-state index contributed by atoms with van der Waals surface area (Å²) < 4.78 is 37.7. The second-order valence-corrected chi connectivity index (χ2v) is 4.34. The molecular formula is C10H11BrF3NO2. The van der Waals surface area contributed by atoms with Crippen molar-refractivity contribution in [3.63, 3.8) is 0 Å². The van der Waals surface area contributed by atoms with Crippen LogP contribution in [0.25, 0.3) is 0 Å². The summed E-state index contributed by atoms with van der Waals surface area (Å²) in [4.78, 5) is 0. The summed E-state index contributed by atoms with van der Waals surface area (Å²) in [5.74, 6) is 0. The molecule has 3 nitrogen and oxygen atoms in total. The van der Waals surface area contributed by atoms with E-state index in [0.29, 0.717) is 0 Å². The van der Waals surface area contributed by atoms with Crippen LogP contribution in [0.2, 0.25) is 0 Å². The molecule has 0 bridgehead atoms. The van der Waals surface area contributed by atoms with Crippen LogP contribution >= 0.6 is 15.9 Å². The van der Waals surface area contributed by atoms with Gasteiger partial charge in [-0.25, -0.2) is 0 Å². The normalized spacial score (nSPS) is 15.7. The summed E-state index contributed by atoms with van der Waals surface area (Å²) >= 11 is 3.02. The number of hydrogen-bond donors (Lipinski definition) is 3. The first kappa shape index (κ1) is 14.4. The first-order chi connectivity index (χ1) is 7.77. The predicted molar refractivity (Wildman–Crippen MR) is 59.2 cm³/mol. The van der Waals surface area contributed by atoms with Crippen molar-refractivity contribution in [2.75, 3.05) is 6.54 Å². The summed E-state index contributed by atoms with van der Waals surface area (Å²) in [5, 5.41) is 19.0. The number of aliphatic hydroxyl groups is 2. The van der Waals surface area contributed by atoms with E-state index in [4.69, 9.17) is 5.73 Å². The second kappa shape index (κ2) is 5.34. The third-order valence-electron chi connectivity index (χ3n) is 2.25. The minimum atomic E-state index is -4.50. The van der Waals surface area contributed by atoms with E-state index in [-0.39, 0.29) is 16.6 Å². The zero-order valence-electron chi connectivity index (χ0n) is 8.58. The van der Waals surface area contributed by atoms with E-state index in [2.05, 4.69) is 15.9 Å². The molecule has 4 N–H and O–H groups in total. The van der Waals surface area contributed by atoms with Gasteiger partial charge >= 0.3 is 6.18 Å². The molecule has 0 aliphatic rings. The number of halogens is 4. The lowest BCUT2D eigenvalue weighted by atomic mass is 10.0. The van der Waals surface area contributed by atoms with E-state index < -0.39 is 23.9 Å². The van der Waals surface area contributed by atoms with Crippen molar-refractivity contribution in [3.8, 4) is 0 Å². The van der Waals surface area contributed by atoms with Gasteiger partial charge in [0.15, 0.2) is 0 Å². The maximum atomic E-state index is 12.5. The quantitative estimate of drug-likeness (QED) is 0.797. The first-order valence-corrected chi connectivity index (χ1v) is 5.49. The number of nitrogens with two attached hydrogens (primary N) is 1. The fourth-order valence-electron chi connectivity index (χ4n) is 1.28. The largest absolute Gasteiger partial charge is 0.416 e. The summed E-state index contributed by atoms with van der Waals surface area (Å²) in [5.41, 5.74) is 4.20. The number of rotatable bonds is 3. The molecule has 1 aromatic rings. The number of aliphatic hydroxyl groups excluding tert-OH is 2. The Labute approximate surface area is 104 Å². The predicted octanol–water partition coefficient (Wildman–Crippen LogP) is 1.82.